The van der Waals surface area contributed by atoms with Gasteiger partial charge in [-0.2, -0.15) is 0 Å². The number of nitrogens with one attached hydrogen (secondary N) is 1. The Kier molecular flexibility index (Phi) is 3.01. The van der Waals surface area contributed by atoms with E-state index in [1.165, 1.54) is 18.2 Å². The molecule has 3 aromatic rings. The highest BCUT2D eigenvalue weighted by Gasteiger charge is 2.15. The first-order chi connectivity index (χ1) is 9.60. The number of halogens is 3. The Labute approximate surface area is 114 Å². The van der Waals surface area contributed by atoms with Crippen LogP contribution >= 0.6 is 0 Å². The van der Waals surface area contributed by atoms with Gasteiger partial charge in [0.05, 0.1) is 5.52 Å². The molecule has 0 saturated carbocycles. The summed E-state index contributed by atoms with van der Waals surface area (Å²) in [6, 6.07) is 8.10. The smallest absolute Gasteiger partial charge is 0.150 e. The summed E-state index contributed by atoms with van der Waals surface area (Å²) < 4.78 is 40.2. The molecule has 0 fully saturated rings. The van der Waals surface area contributed by atoms with Crippen LogP contribution in [0.2, 0.25) is 0 Å². The van der Waals surface area contributed by atoms with E-state index in [0.29, 0.717) is 17.5 Å². The Morgan fingerprint density at radius 1 is 0.950 bits per heavy atom. The maximum Gasteiger partial charge on any atom is 0.150 e. The van der Waals surface area contributed by atoms with Crippen LogP contribution < -0.4 is 0 Å². The minimum absolute atomic E-state index is 0.280. The molecule has 0 spiro atoms. The van der Waals surface area contributed by atoms with Crippen LogP contribution in [0.5, 0.6) is 0 Å². The minimum atomic E-state index is -0.622. The summed E-state index contributed by atoms with van der Waals surface area (Å²) in [5.74, 6) is -1.56. The third kappa shape index (κ3) is 1.97. The van der Waals surface area contributed by atoms with Crippen molar-refractivity contribution in [3.05, 3.63) is 59.4 Å². The van der Waals surface area contributed by atoms with Gasteiger partial charge in [-0.1, -0.05) is 6.92 Å². The molecule has 20 heavy (non-hydrogen) atoms. The Morgan fingerprint density at radius 2 is 1.65 bits per heavy atom. The summed E-state index contributed by atoms with van der Waals surface area (Å²) in [4.78, 5) is 2.98. The van der Waals surface area contributed by atoms with Gasteiger partial charge in [-0.3, -0.25) is 0 Å². The van der Waals surface area contributed by atoms with E-state index in [1.54, 1.807) is 12.1 Å². The van der Waals surface area contributed by atoms with Gasteiger partial charge in [0.15, 0.2) is 0 Å². The van der Waals surface area contributed by atoms with Crippen LogP contribution in [0.25, 0.3) is 22.2 Å². The van der Waals surface area contributed by atoms with Crippen molar-refractivity contribution in [1.29, 1.82) is 0 Å². The van der Waals surface area contributed by atoms with Gasteiger partial charge in [-0.05, 0) is 47.9 Å². The Bertz CT molecular complexity index is 773. The Morgan fingerprint density at radius 3 is 2.30 bits per heavy atom. The summed E-state index contributed by atoms with van der Waals surface area (Å²) in [5.41, 5.74) is 2.55. The van der Waals surface area contributed by atoms with Gasteiger partial charge in [0.25, 0.3) is 0 Å². The molecule has 0 aliphatic heterocycles. The zero-order chi connectivity index (χ0) is 14.3. The van der Waals surface area contributed by atoms with Gasteiger partial charge in [0, 0.05) is 17.1 Å². The van der Waals surface area contributed by atoms with Gasteiger partial charge in [0.1, 0.15) is 17.5 Å². The molecule has 0 radical (unpaired) electrons. The fraction of sp³-hybridized carbons (Fsp3) is 0.125. The van der Waals surface area contributed by atoms with Gasteiger partial charge in [-0.25, -0.2) is 13.2 Å². The number of aromatic amines is 1. The standard InChI is InChI=1S/C16H12F3N/c1-2-12-13-7-11(18)8-14(19)16(13)20-15(12)9-3-5-10(17)6-4-9/h3-8,20H,2H2,1H3. The van der Waals surface area contributed by atoms with Crippen molar-refractivity contribution in [1.82, 2.24) is 4.98 Å². The number of aryl methyl sites for hydroxylation is 1. The zero-order valence-corrected chi connectivity index (χ0v) is 10.8. The van der Waals surface area contributed by atoms with E-state index in [2.05, 4.69) is 4.98 Å². The zero-order valence-electron chi connectivity index (χ0n) is 10.8. The third-order valence-electron chi connectivity index (χ3n) is 3.42. The highest BCUT2D eigenvalue weighted by atomic mass is 19.1. The number of rotatable bonds is 2. The lowest BCUT2D eigenvalue weighted by atomic mass is 10.0. The summed E-state index contributed by atoms with van der Waals surface area (Å²) in [5, 5.41) is 0.532. The number of H-pyrrole nitrogens is 1. The highest BCUT2D eigenvalue weighted by Crippen LogP contribution is 2.32. The maximum absolute atomic E-state index is 13.8. The molecule has 1 nitrogen and oxygen atoms in total. The molecule has 2 aromatic carbocycles. The topological polar surface area (TPSA) is 15.8 Å². The van der Waals surface area contributed by atoms with Crippen molar-refractivity contribution in [2.24, 2.45) is 0 Å². The molecule has 0 aliphatic carbocycles. The molecule has 1 aromatic heterocycles. The maximum atomic E-state index is 13.8. The van der Waals surface area contributed by atoms with Crippen LogP contribution in [-0.2, 0) is 6.42 Å². The van der Waals surface area contributed by atoms with Crippen LogP contribution in [0.3, 0.4) is 0 Å². The van der Waals surface area contributed by atoms with Crippen molar-refractivity contribution >= 4 is 10.9 Å². The lowest BCUT2D eigenvalue weighted by Gasteiger charge is -2.02. The van der Waals surface area contributed by atoms with E-state index in [1.807, 2.05) is 6.92 Å². The predicted molar refractivity (Wildman–Crippen MR) is 73.0 cm³/mol. The highest BCUT2D eigenvalue weighted by molar-refractivity contribution is 5.91. The second kappa shape index (κ2) is 4.71. The van der Waals surface area contributed by atoms with E-state index in [-0.39, 0.29) is 11.3 Å². The fourth-order valence-electron chi connectivity index (χ4n) is 2.50. The van der Waals surface area contributed by atoms with Crippen molar-refractivity contribution in [2.45, 2.75) is 13.3 Å². The van der Waals surface area contributed by atoms with Crippen molar-refractivity contribution < 1.29 is 13.2 Å². The first kappa shape index (κ1) is 12.8. The summed E-state index contributed by atoms with van der Waals surface area (Å²) in [6.07, 6.45) is 0.621. The molecular weight excluding hydrogens is 263 g/mol. The summed E-state index contributed by atoms with van der Waals surface area (Å²) >= 11 is 0. The SMILES string of the molecule is CCc1c(-c2ccc(F)cc2)[nH]c2c(F)cc(F)cc12. The summed E-state index contributed by atoms with van der Waals surface area (Å²) in [6.45, 7) is 1.92. The van der Waals surface area contributed by atoms with Gasteiger partial charge >= 0.3 is 0 Å². The lowest BCUT2D eigenvalue weighted by Crippen LogP contribution is -1.85. The average molecular weight is 275 g/mol. The van der Waals surface area contributed by atoms with Crippen LogP contribution in [0.4, 0.5) is 13.2 Å². The Balaban J connectivity index is 2.30. The number of hydrogen-bond acceptors (Lipinski definition) is 0. The predicted octanol–water partition coefficient (Wildman–Crippen LogP) is 4.81. The van der Waals surface area contributed by atoms with E-state index >= 15 is 0 Å². The minimum Gasteiger partial charge on any atom is -0.352 e. The first-order valence-electron chi connectivity index (χ1n) is 6.35. The molecule has 4 heteroatoms. The molecule has 0 atom stereocenters. The molecular formula is C16H12F3N. The monoisotopic (exact) mass is 275 g/mol. The molecule has 0 saturated heterocycles. The molecule has 1 N–H and O–H groups in total. The quantitative estimate of drug-likeness (QED) is 0.690. The largest absolute Gasteiger partial charge is 0.352 e. The van der Waals surface area contributed by atoms with Crippen LogP contribution in [0.15, 0.2) is 36.4 Å². The lowest BCUT2D eigenvalue weighted by molar-refractivity contribution is 0.591. The van der Waals surface area contributed by atoms with E-state index < -0.39 is 11.6 Å². The Hall–Kier alpha value is -2.23. The molecule has 1 heterocycles. The number of benzene rings is 2. The molecule has 0 bridgehead atoms. The number of aromatic nitrogens is 1. The van der Waals surface area contributed by atoms with Gasteiger partial charge < -0.3 is 4.98 Å². The van der Waals surface area contributed by atoms with Crippen LogP contribution in [0, 0.1) is 17.5 Å². The fourth-order valence-corrected chi connectivity index (χ4v) is 2.50. The third-order valence-corrected chi connectivity index (χ3v) is 3.42. The van der Waals surface area contributed by atoms with Gasteiger partial charge in [-0.15, -0.1) is 0 Å². The van der Waals surface area contributed by atoms with E-state index in [9.17, 15) is 13.2 Å². The van der Waals surface area contributed by atoms with E-state index in [4.69, 9.17) is 0 Å². The van der Waals surface area contributed by atoms with Crippen LogP contribution in [-0.4, -0.2) is 4.98 Å². The van der Waals surface area contributed by atoms with E-state index in [0.717, 1.165) is 17.2 Å². The normalized spacial score (nSPS) is 11.2. The van der Waals surface area contributed by atoms with Crippen molar-refractivity contribution in [3.63, 3.8) is 0 Å². The second-order valence-electron chi connectivity index (χ2n) is 4.65. The average Bonchev–Trinajstić information content (AvgIpc) is 2.78. The number of fused-ring (bicyclic) bond motifs is 1. The molecule has 0 aliphatic rings. The summed E-state index contributed by atoms with van der Waals surface area (Å²) in [7, 11) is 0. The molecule has 0 unspecified atom stereocenters. The molecule has 3 rings (SSSR count). The second-order valence-corrected chi connectivity index (χ2v) is 4.65. The molecule has 0 amide bonds. The van der Waals surface area contributed by atoms with Crippen molar-refractivity contribution in [2.75, 3.05) is 0 Å². The molecule has 102 valence electrons. The first-order valence-corrected chi connectivity index (χ1v) is 6.35. The van der Waals surface area contributed by atoms with Crippen LogP contribution in [0.1, 0.15) is 12.5 Å². The van der Waals surface area contributed by atoms with Crippen molar-refractivity contribution in [3.8, 4) is 11.3 Å². The number of hydrogen-bond donors (Lipinski definition) is 1. The van der Waals surface area contributed by atoms with Gasteiger partial charge in [0.2, 0.25) is 0 Å².